The summed E-state index contributed by atoms with van der Waals surface area (Å²) in [6.45, 7) is 6.54. The van der Waals surface area contributed by atoms with Gasteiger partial charge in [0.05, 0.1) is 6.04 Å². The predicted molar refractivity (Wildman–Crippen MR) is 89.4 cm³/mol. The highest BCUT2D eigenvalue weighted by Gasteiger charge is 2.29. The van der Waals surface area contributed by atoms with E-state index >= 15 is 0 Å². The summed E-state index contributed by atoms with van der Waals surface area (Å²) < 4.78 is 0. The van der Waals surface area contributed by atoms with Crippen LogP contribution in [0.15, 0.2) is 29.2 Å². The smallest absolute Gasteiger partial charge is 0.240 e. The second-order valence-electron chi connectivity index (χ2n) is 5.89. The first-order valence-electron chi connectivity index (χ1n) is 6.39. The largest absolute Gasteiger partial charge is 0.340 e. The zero-order chi connectivity index (χ0) is 14.6. The Hall–Kier alpha value is -0.710. The number of thioether (sulfide) groups is 1. The van der Waals surface area contributed by atoms with E-state index in [0.29, 0.717) is 6.54 Å². The molecule has 0 saturated carbocycles. The average Bonchev–Trinajstić information content (AvgIpc) is 2.36. The Kier molecular flexibility index (Phi) is 7.63. The third-order valence-corrected chi connectivity index (χ3v) is 3.90. The summed E-state index contributed by atoms with van der Waals surface area (Å²) in [5.74, 6) is -0.0126. The second kappa shape index (κ2) is 7.91. The molecule has 0 aromatic heterocycles. The van der Waals surface area contributed by atoms with Crippen molar-refractivity contribution in [2.45, 2.75) is 38.3 Å². The summed E-state index contributed by atoms with van der Waals surface area (Å²) in [6, 6.07) is 7.78. The second-order valence-corrected chi connectivity index (χ2v) is 6.77. The number of nitrogens with two attached hydrogens (primary N) is 1. The van der Waals surface area contributed by atoms with Gasteiger partial charge in [0.2, 0.25) is 5.91 Å². The van der Waals surface area contributed by atoms with E-state index in [-0.39, 0.29) is 23.7 Å². The molecule has 20 heavy (non-hydrogen) atoms. The minimum Gasteiger partial charge on any atom is -0.340 e. The van der Waals surface area contributed by atoms with Crippen molar-refractivity contribution in [1.82, 2.24) is 4.90 Å². The zero-order valence-electron chi connectivity index (χ0n) is 12.8. The summed E-state index contributed by atoms with van der Waals surface area (Å²) in [6.07, 6.45) is 2.05. The molecule has 3 nitrogen and oxygen atoms in total. The Balaban J connectivity index is 0.00000361. The quantitative estimate of drug-likeness (QED) is 0.868. The lowest BCUT2D eigenvalue weighted by Gasteiger charge is -2.30. The van der Waals surface area contributed by atoms with Crippen molar-refractivity contribution >= 4 is 30.1 Å². The monoisotopic (exact) mass is 316 g/mol. The number of halogens is 1. The van der Waals surface area contributed by atoms with Crippen molar-refractivity contribution in [3.8, 4) is 0 Å². The third-order valence-electron chi connectivity index (χ3n) is 3.15. The molecule has 1 amide bonds. The molecule has 0 spiro atoms. The fourth-order valence-corrected chi connectivity index (χ4v) is 2.10. The lowest BCUT2D eigenvalue weighted by molar-refractivity contribution is -0.134. The molecular formula is C15H25ClN2OS. The van der Waals surface area contributed by atoms with Crippen molar-refractivity contribution in [2.75, 3.05) is 13.3 Å². The number of nitrogens with zero attached hydrogens (tertiary/aromatic N) is 1. The van der Waals surface area contributed by atoms with Gasteiger partial charge in [-0.1, -0.05) is 32.9 Å². The Bertz CT molecular complexity index is 428. The Morgan fingerprint density at radius 2 is 1.80 bits per heavy atom. The number of carbonyl (C=O) groups excluding carboxylic acids is 1. The first-order valence-corrected chi connectivity index (χ1v) is 7.61. The molecule has 0 aliphatic rings. The van der Waals surface area contributed by atoms with Crippen molar-refractivity contribution in [1.29, 1.82) is 0 Å². The molecule has 0 fully saturated rings. The van der Waals surface area contributed by atoms with Gasteiger partial charge in [-0.05, 0) is 29.4 Å². The number of rotatable bonds is 4. The molecule has 0 radical (unpaired) electrons. The molecular weight excluding hydrogens is 292 g/mol. The molecule has 1 aromatic carbocycles. The number of hydrogen-bond acceptors (Lipinski definition) is 3. The standard InChI is InChI=1S/C15H24N2OS.ClH/c1-15(2,3)13(16)14(18)17(4)10-11-6-8-12(19-5)9-7-11;/h6-9,13H,10,16H2,1-5H3;1H. The zero-order valence-corrected chi connectivity index (χ0v) is 14.5. The maximum atomic E-state index is 12.2. The van der Waals surface area contributed by atoms with Crippen LogP contribution in [-0.4, -0.2) is 30.2 Å². The normalized spacial score (nSPS) is 12.5. The fourth-order valence-electron chi connectivity index (χ4n) is 1.69. The number of likely N-dealkylation sites (N-methyl/N-ethyl adjacent to an activating group) is 1. The molecule has 0 saturated heterocycles. The summed E-state index contributed by atoms with van der Waals surface area (Å²) in [7, 11) is 1.80. The minimum atomic E-state index is -0.469. The molecule has 114 valence electrons. The molecule has 0 bridgehead atoms. The van der Waals surface area contributed by atoms with E-state index in [1.165, 1.54) is 4.90 Å². The van der Waals surface area contributed by atoms with E-state index in [4.69, 9.17) is 5.73 Å². The molecule has 0 heterocycles. The summed E-state index contributed by atoms with van der Waals surface area (Å²) in [5.41, 5.74) is 6.91. The Morgan fingerprint density at radius 1 is 1.30 bits per heavy atom. The molecule has 1 aromatic rings. The van der Waals surface area contributed by atoms with Crippen LogP contribution in [0.1, 0.15) is 26.3 Å². The lowest BCUT2D eigenvalue weighted by Crippen LogP contribution is -2.48. The highest BCUT2D eigenvalue weighted by molar-refractivity contribution is 7.98. The van der Waals surface area contributed by atoms with Gasteiger partial charge in [0.1, 0.15) is 0 Å². The molecule has 0 aliphatic heterocycles. The van der Waals surface area contributed by atoms with E-state index in [9.17, 15) is 4.79 Å². The lowest BCUT2D eigenvalue weighted by atomic mass is 9.86. The molecule has 1 atom stereocenters. The van der Waals surface area contributed by atoms with Gasteiger partial charge in [-0.25, -0.2) is 0 Å². The van der Waals surface area contributed by atoms with Crippen LogP contribution < -0.4 is 5.73 Å². The van der Waals surface area contributed by atoms with E-state index in [0.717, 1.165) is 5.56 Å². The van der Waals surface area contributed by atoms with E-state index in [2.05, 4.69) is 24.3 Å². The van der Waals surface area contributed by atoms with Gasteiger partial charge < -0.3 is 10.6 Å². The SMILES string of the molecule is CSc1ccc(CN(C)C(=O)C(N)C(C)(C)C)cc1.Cl. The first kappa shape index (κ1) is 19.3. The Labute approximate surface area is 132 Å². The van der Waals surface area contributed by atoms with Crippen molar-refractivity contribution < 1.29 is 4.79 Å². The van der Waals surface area contributed by atoms with Gasteiger partial charge in [-0.2, -0.15) is 0 Å². The van der Waals surface area contributed by atoms with Gasteiger partial charge >= 0.3 is 0 Å². The molecule has 2 N–H and O–H groups in total. The Morgan fingerprint density at radius 3 is 2.20 bits per heavy atom. The van der Waals surface area contributed by atoms with Crippen molar-refractivity contribution in [3.63, 3.8) is 0 Å². The third kappa shape index (κ3) is 5.35. The van der Waals surface area contributed by atoms with Crippen LogP contribution >= 0.6 is 24.2 Å². The van der Waals surface area contributed by atoms with Gasteiger partial charge in [-0.3, -0.25) is 4.79 Å². The van der Waals surface area contributed by atoms with Crippen LogP contribution in [0.4, 0.5) is 0 Å². The highest BCUT2D eigenvalue weighted by Crippen LogP contribution is 2.20. The van der Waals surface area contributed by atoms with Crippen LogP contribution in [0, 0.1) is 5.41 Å². The number of benzene rings is 1. The van der Waals surface area contributed by atoms with Crippen LogP contribution in [0.25, 0.3) is 0 Å². The maximum absolute atomic E-state index is 12.2. The number of carbonyl (C=O) groups is 1. The molecule has 0 aliphatic carbocycles. The number of amides is 1. The van der Waals surface area contributed by atoms with E-state index in [1.807, 2.05) is 27.0 Å². The van der Waals surface area contributed by atoms with Crippen molar-refractivity contribution in [2.24, 2.45) is 11.1 Å². The fraction of sp³-hybridized carbons (Fsp3) is 0.533. The first-order chi connectivity index (χ1) is 8.75. The van der Waals surface area contributed by atoms with Gasteiger partial charge in [0, 0.05) is 18.5 Å². The topological polar surface area (TPSA) is 46.3 Å². The molecule has 1 rings (SSSR count). The van der Waals surface area contributed by atoms with E-state index in [1.54, 1.807) is 23.7 Å². The summed E-state index contributed by atoms with van der Waals surface area (Å²) in [4.78, 5) is 15.1. The average molecular weight is 317 g/mol. The predicted octanol–water partition coefficient (Wildman–Crippen LogP) is 3.16. The molecule has 5 heteroatoms. The summed E-state index contributed by atoms with van der Waals surface area (Å²) >= 11 is 1.71. The highest BCUT2D eigenvalue weighted by atomic mass is 35.5. The van der Waals surface area contributed by atoms with Crippen molar-refractivity contribution in [3.05, 3.63) is 29.8 Å². The van der Waals surface area contributed by atoms with E-state index < -0.39 is 6.04 Å². The van der Waals surface area contributed by atoms with Gasteiger partial charge in [0.25, 0.3) is 0 Å². The van der Waals surface area contributed by atoms with Crippen LogP contribution in [0.2, 0.25) is 0 Å². The minimum absolute atomic E-state index is 0. The van der Waals surface area contributed by atoms with Crippen LogP contribution in [-0.2, 0) is 11.3 Å². The summed E-state index contributed by atoms with van der Waals surface area (Å²) in [5, 5.41) is 0. The number of hydrogen-bond donors (Lipinski definition) is 1. The van der Waals surface area contributed by atoms with Gasteiger partial charge in [-0.15, -0.1) is 24.2 Å². The maximum Gasteiger partial charge on any atom is 0.240 e. The van der Waals surface area contributed by atoms with Gasteiger partial charge in [0.15, 0.2) is 0 Å². The van der Waals surface area contributed by atoms with Crippen LogP contribution in [0.3, 0.4) is 0 Å². The van der Waals surface area contributed by atoms with Crippen LogP contribution in [0.5, 0.6) is 0 Å². The molecule has 1 unspecified atom stereocenters.